The Morgan fingerprint density at radius 3 is 2.47 bits per heavy atom. The topological polar surface area (TPSA) is 76.9 Å². The van der Waals surface area contributed by atoms with Crippen molar-refractivity contribution in [3.05, 3.63) is 36.4 Å². The number of nitrogens with one attached hydrogen (secondary N) is 1. The van der Waals surface area contributed by atoms with Crippen LogP contribution < -0.4 is 4.72 Å². The lowest BCUT2D eigenvalue weighted by molar-refractivity contribution is 0.600. The van der Waals surface area contributed by atoms with E-state index in [2.05, 4.69) is 14.8 Å². The molecule has 0 spiro atoms. The van der Waals surface area contributed by atoms with Crippen LogP contribution in [-0.2, 0) is 17.1 Å². The summed E-state index contributed by atoms with van der Waals surface area (Å²) in [5.74, 6) is 0. The van der Waals surface area contributed by atoms with Crippen LogP contribution in [0.2, 0.25) is 0 Å². The van der Waals surface area contributed by atoms with Gasteiger partial charge < -0.3 is 0 Å². The fourth-order valence-corrected chi connectivity index (χ4v) is 2.75. The van der Waals surface area contributed by atoms with Crippen molar-refractivity contribution < 1.29 is 8.42 Å². The predicted octanol–water partition coefficient (Wildman–Crippen LogP) is 0.924. The largest absolute Gasteiger partial charge is 0.279 e. The number of pyridine rings is 1. The number of hydrogen-bond acceptors (Lipinski definition) is 4. The van der Waals surface area contributed by atoms with Gasteiger partial charge in [0.25, 0.3) is 10.0 Å². The van der Waals surface area contributed by atoms with Crippen LogP contribution in [-0.4, -0.2) is 23.2 Å². The second-order valence-corrected chi connectivity index (χ2v) is 5.24. The minimum Gasteiger partial charge on any atom is -0.279 e. The second-order valence-electron chi connectivity index (χ2n) is 3.59. The highest BCUT2D eigenvalue weighted by molar-refractivity contribution is 7.92. The zero-order valence-corrected chi connectivity index (χ0v) is 10.3. The Bertz CT molecular complexity index is 619. The summed E-state index contributed by atoms with van der Waals surface area (Å²) in [6.45, 7) is 1.65. The fraction of sp³-hybridized carbons (Fsp3) is 0.200. The SMILES string of the molecule is Cc1nn(C)cc1S(=O)(=O)Nc1ccncc1. The van der Waals surface area contributed by atoms with Crippen LogP contribution in [0.1, 0.15) is 5.69 Å². The summed E-state index contributed by atoms with van der Waals surface area (Å²) in [5.41, 5.74) is 0.942. The monoisotopic (exact) mass is 252 g/mol. The smallest absolute Gasteiger partial charge is 0.265 e. The first-order valence-electron chi connectivity index (χ1n) is 4.92. The molecule has 0 aliphatic heterocycles. The fourth-order valence-electron chi connectivity index (χ4n) is 1.47. The molecule has 0 fully saturated rings. The predicted molar refractivity (Wildman–Crippen MR) is 63.0 cm³/mol. The molecule has 7 heteroatoms. The van der Waals surface area contributed by atoms with Crippen molar-refractivity contribution in [1.29, 1.82) is 0 Å². The van der Waals surface area contributed by atoms with Crippen LogP contribution in [0.4, 0.5) is 5.69 Å². The molecule has 0 aromatic carbocycles. The van der Waals surface area contributed by atoms with Gasteiger partial charge in [0.1, 0.15) is 4.90 Å². The molecule has 0 unspecified atom stereocenters. The summed E-state index contributed by atoms with van der Waals surface area (Å²) in [4.78, 5) is 4.00. The molecule has 2 rings (SSSR count). The molecule has 0 radical (unpaired) electrons. The number of aryl methyl sites for hydroxylation is 2. The number of aromatic nitrogens is 3. The molecule has 2 aromatic rings. The van der Waals surface area contributed by atoms with Gasteiger partial charge in [-0.25, -0.2) is 8.42 Å². The average Bonchev–Trinajstić information content (AvgIpc) is 2.59. The van der Waals surface area contributed by atoms with Crippen molar-refractivity contribution >= 4 is 15.7 Å². The summed E-state index contributed by atoms with van der Waals surface area (Å²) < 4.78 is 28.0. The number of hydrogen-bond donors (Lipinski definition) is 1. The van der Waals surface area contributed by atoms with Crippen LogP contribution in [0.15, 0.2) is 35.6 Å². The minimum atomic E-state index is -3.58. The van der Waals surface area contributed by atoms with E-state index >= 15 is 0 Å². The van der Waals surface area contributed by atoms with Gasteiger partial charge in [-0.15, -0.1) is 0 Å². The Hall–Kier alpha value is -1.89. The van der Waals surface area contributed by atoms with E-state index in [4.69, 9.17) is 0 Å². The molecule has 2 aromatic heterocycles. The highest BCUT2D eigenvalue weighted by Gasteiger charge is 2.19. The molecule has 17 heavy (non-hydrogen) atoms. The van der Waals surface area contributed by atoms with Crippen molar-refractivity contribution in [1.82, 2.24) is 14.8 Å². The standard InChI is InChI=1S/C10H12N4O2S/c1-8-10(7-14(2)12-8)17(15,16)13-9-3-5-11-6-4-9/h3-7H,1-2H3,(H,11,13). The molecule has 0 atom stereocenters. The van der Waals surface area contributed by atoms with Gasteiger partial charge in [0.2, 0.25) is 0 Å². The zero-order valence-electron chi connectivity index (χ0n) is 9.45. The molecular formula is C10H12N4O2S. The Morgan fingerprint density at radius 1 is 1.29 bits per heavy atom. The Morgan fingerprint density at radius 2 is 1.94 bits per heavy atom. The Balaban J connectivity index is 2.35. The number of nitrogens with zero attached hydrogens (tertiary/aromatic N) is 3. The van der Waals surface area contributed by atoms with Gasteiger partial charge >= 0.3 is 0 Å². The first kappa shape index (κ1) is 11.6. The molecule has 1 N–H and O–H groups in total. The van der Waals surface area contributed by atoms with E-state index in [9.17, 15) is 8.42 Å². The maximum atomic E-state index is 12.1. The van der Waals surface area contributed by atoms with Gasteiger partial charge in [-0.3, -0.25) is 14.4 Å². The summed E-state index contributed by atoms with van der Waals surface area (Å²) in [7, 11) is -1.91. The summed E-state index contributed by atoms with van der Waals surface area (Å²) >= 11 is 0. The Kier molecular flexibility index (Phi) is 2.84. The maximum Gasteiger partial charge on any atom is 0.265 e. The Labute approximate surface area is 99.4 Å². The molecule has 2 heterocycles. The summed E-state index contributed by atoms with van der Waals surface area (Å²) in [5, 5.41) is 4.00. The van der Waals surface area contributed by atoms with E-state index in [0.29, 0.717) is 11.4 Å². The van der Waals surface area contributed by atoms with Gasteiger partial charge in [-0.05, 0) is 19.1 Å². The van der Waals surface area contributed by atoms with Crippen LogP contribution in [0.25, 0.3) is 0 Å². The highest BCUT2D eigenvalue weighted by Crippen LogP contribution is 2.17. The average molecular weight is 252 g/mol. The van der Waals surface area contributed by atoms with Crippen molar-refractivity contribution in [3.8, 4) is 0 Å². The van der Waals surface area contributed by atoms with E-state index in [1.165, 1.54) is 23.3 Å². The van der Waals surface area contributed by atoms with Crippen molar-refractivity contribution in [3.63, 3.8) is 0 Å². The molecule has 6 nitrogen and oxygen atoms in total. The number of rotatable bonds is 3. The van der Waals surface area contributed by atoms with Crippen molar-refractivity contribution in [2.24, 2.45) is 7.05 Å². The molecule has 0 aliphatic rings. The van der Waals surface area contributed by atoms with Gasteiger partial charge in [0.15, 0.2) is 0 Å². The second kappa shape index (κ2) is 4.17. The van der Waals surface area contributed by atoms with Crippen LogP contribution in [0.3, 0.4) is 0 Å². The molecule has 90 valence electrons. The minimum absolute atomic E-state index is 0.178. The number of sulfonamides is 1. The third-order valence-electron chi connectivity index (χ3n) is 2.19. The van der Waals surface area contributed by atoms with E-state index in [1.54, 1.807) is 26.1 Å². The van der Waals surface area contributed by atoms with Crippen LogP contribution in [0.5, 0.6) is 0 Å². The lowest BCUT2D eigenvalue weighted by Crippen LogP contribution is -2.13. The lowest BCUT2D eigenvalue weighted by atomic mass is 10.4. The summed E-state index contributed by atoms with van der Waals surface area (Å²) in [6.07, 6.45) is 4.51. The van der Waals surface area contributed by atoms with E-state index in [0.717, 1.165) is 0 Å². The van der Waals surface area contributed by atoms with Gasteiger partial charge in [-0.2, -0.15) is 5.10 Å². The van der Waals surface area contributed by atoms with Crippen molar-refractivity contribution in [2.75, 3.05) is 4.72 Å². The molecule has 0 saturated heterocycles. The third-order valence-corrected chi connectivity index (χ3v) is 3.67. The van der Waals surface area contributed by atoms with Gasteiger partial charge in [0.05, 0.1) is 11.4 Å². The molecule has 0 aliphatic carbocycles. The molecule has 0 saturated carbocycles. The molecular weight excluding hydrogens is 240 g/mol. The highest BCUT2D eigenvalue weighted by atomic mass is 32.2. The van der Waals surface area contributed by atoms with Crippen LogP contribution >= 0.6 is 0 Å². The number of anilines is 1. The van der Waals surface area contributed by atoms with E-state index in [-0.39, 0.29) is 4.90 Å². The first-order chi connectivity index (χ1) is 7.99. The first-order valence-corrected chi connectivity index (χ1v) is 6.40. The third kappa shape index (κ3) is 2.44. The van der Waals surface area contributed by atoms with E-state index < -0.39 is 10.0 Å². The van der Waals surface area contributed by atoms with Crippen LogP contribution in [0, 0.1) is 6.92 Å². The van der Waals surface area contributed by atoms with Gasteiger partial charge in [-0.1, -0.05) is 0 Å². The quantitative estimate of drug-likeness (QED) is 0.881. The van der Waals surface area contributed by atoms with Gasteiger partial charge in [0, 0.05) is 25.6 Å². The molecule has 0 amide bonds. The molecule has 0 bridgehead atoms. The van der Waals surface area contributed by atoms with Crippen molar-refractivity contribution in [2.45, 2.75) is 11.8 Å². The summed E-state index contributed by atoms with van der Waals surface area (Å²) in [6, 6.07) is 3.17. The zero-order chi connectivity index (χ0) is 12.5. The normalized spacial score (nSPS) is 11.4. The lowest BCUT2D eigenvalue weighted by Gasteiger charge is -2.05. The maximum absolute atomic E-state index is 12.1. The van der Waals surface area contributed by atoms with E-state index in [1.807, 2.05) is 0 Å².